The molecule has 0 spiro atoms. The van der Waals surface area contributed by atoms with Crippen LogP contribution in [0.4, 0.5) is 5.69 Å². The van der Waals surface area contributed by atoms with E-state index in [2.05, 4.69) is 10.7 Å². The van der Waals surface area contributed by atoms with E-state index in [0.717, 1.165) is 11.3 Å². The minimum Gasteiger partial charge on any atom is -0.332 e. The highest BCUT2D eigenvalue weighted by Gasteiger charge is 1.94. The summed E-state index contributed by atoms with van der Waals surface area (Å²) in [5.74, 6) is 5.10. The third-order valence-electron chi connectivity index (χ3n) is 1.58. The number of hydrogen-bond donors (Lipinski definition) is 4. The zero-order chi connectivity index (χ0) is 9.68. The van der Waals surface area contributed by atoms with Gasteiger partial charge in [0.25, 0.3) is 0 Å². The molecule has 0 aliphatic heterocycles. The summed E-state index contributed by atoms with van der Waals surface area (Å²) >= 11 is 4.83. The van der Waals surface area contributed by atoms with Gasteiger partial charge in [-0.05, 0) is 29.9 Å². The molecule has 0 amide bonds. The third kappa shape index (κ3) is 2.98. The Morgan fingerprint density at radius 3 is 2.38 bits per heavy atom. The lowest BCUT2D eigenvalue weighted by molar-refractivity contribution is 1.04. The van der Waals surface area contributed by atoms with Gasteiger partial charge >= 0.3 is 0 Å². The van der Waals surface area contributed by atoms with Crippen molar-refractivity contribution in [1.82, 2.24) is 5.43 Å². The summed E-state index contributed by atoms with van der Waals surface area (Å²) in [4.78, 5) is 0. The number of anilines is 1. The maximum absolute atomic E-state index is 5.45. The van der Waals surface area contributed by atoms with Crippen molar-refractivity contribution in [3.8, 4) is 0 Å². The van der Waals surface area contributed by atoms with Crippen LogP contribution in [-0.4, -0.2) is 5.11 Å². The molecule has 0 fully saturated rings. The molecule has 70 valence electrons. The van der Waals surface area contributed by atoms with E-state index in [9.17, 15) is 0 Å². The van der Waals surface area contributed by atoms with E-state index in [1.54, 1.807) is 0 Å². The van der Waals surface area contributed by atoms with Crippen molar-refractivity contribution < 1.29 is 0 Å². The van der Waals surface area contributed by atoms with Crippen molar-refractivity contribution in [2.75, 3.05) is 5.32 Å². The maximum Gasteiger partial charge on any atom is 0.185 e. The Morgan fingerprint density at radius 2 is 1.92 bits per heavy atom. The largest absolute Gasteiger partial charge is 0.332 e. The molecule has 0 aliphatic carbocycles. The molecule has 0 saturated carbocycles. The van der Waals surface area contributed by atoms with Gasteiger partial charge < -0.3 is 16.5 Å². The van der Waals surface area contributed by atoms with E-state index in [-0.39, 0.29) is 0 Å². The van der Waals surface area contributed by atoms with Gasteiger partial charge in [-0.15, -0.1) is 0 Å². The van der Waals surface area contributed by atoms with Crippen molar-refractivity contribution in [3.63, 3.8) is 0 Å². The van der Waals surface area contributed by atoms with Crippen LogP contribution >= 0.6 is 12.2 Å². The first kappa shape index (κ1) is 9.91. The molecule has 5 heteroatoms. The second-order valence-electron chi connectivity index (χ2n) is 2.50. The van der Waals surface area contributed by atoms with Gasteiger partial charge in [0.2, 0.25) is 0 Å². The normalized spacial score (nSPS) is 9.38. The highest BCUT2D eigenvalue weighted by Crippen LogP contribution is 2.08. The zero-order valence-electron chi connectivity index (χ0n) is 7.08. The Bertz CT molecular complexity index is 283. The van der Waals surface area contributed by atoms with Gasteiger partial charge in [0.15, 0.2) is 5.11 Å². The number of hydrazine groups is 1. The fraction of sp³-hybridized carbons (Fsp3) is 0.125. The van der Waals surface area contributed by atoms with E-state index in [1.165, 1.54) is 0 Å². The second kappa shape index (κ2) is 4.76. The summed E-state index contributed by atoms with van der Waals surface area (Å²) in [5, 5.41) is 3.29. The van der Waals surface area contributed by atoms with Crippen LogP contribution in [0.2, 0.25) is 0 Å². The number of thiocarbonyl (C=S) groups is 1. The number of nitrogens with one attached hydrogen (secondary N) is 2. The van der Waals surface area contributed by atoms with E-state index in [1.807, 2.05) is 24.3 Å². The zero-order valence-corrected chi connectivity index (χ0v) is 7.90. The van der Waals surface area contributed by atoms with Crippen molar-refractivity contribution in [3.05, 3.63) is 29.8 Å². The van der Waals surface area contributed by atoms with Gasteiger partial charge in [-0.25, -0.2) is 5.84 Å². The molecule has 0 aliphatic rings. The Labute approximate surface area is 82.3 Å². The summed E-state index contributed by atoms with van der Waals surface area (Å²) in [6.07, 6.45) is 0. The molecule has 1 rings (SSSR count). The van der Waals surface area contributed by atoms with E-state index in [4.69, 9.17) is 23.8 Å². The van der Waals surface area contributed by atoms with Crippen LogP contribution in [-0.2, 0) is 6.54 Å². The van der Waals surface area contributed by atoms with E-state index in [0.29, 0.717) is 11.7 Å². The first-order valence-corrected chi connectivity index (χ1v) is 4.23. The van der Waals surface area contributed by atoms with Crippen molar-refractivity contribution in [2.45, 2.75) is 6.54 Å². The first-order valence-electron chi connectivity index (χ1n) is 3.83. The van der Waals surface area contributed by atoms with E-state index < -0.39 is 0 Å². The van der Waals surface area contributed by atoms with Gasteiger partial charge in [-0.2, -0.15) is 0 Å². The van der Waals surface area contributed by atoms with Crippen LogP contribution in [0, 0.1) is 0 Å². The van der Waals surface area contributed by atoms with Crippen LogP contribution in [0.15, 0.2) is 24.3 Å². The predicted octanol–water partition coefficient (Wildman–Crippen LogP) is 0.305. The average molecular weight is 196 g/mol. The summed E-state index contributed by atoms with van der Waals surface area (Å²) in [7, 11) is 0. The minimum atomic E-state index is 0.389. The number of hydrogen-bond acceptors (Lipinski definition) is 3. The van der Waals surface area contributed by atoms with Gasteiger partial charge in [0.1, 0.15) is 0 Å². The second-order valence-corrected chi connectivity index (χ2v) is 2.91. The molecule has 4 nitrogen and oxygen atoms in total. The van der Waals surface area contributed by atoms with Gasteiger partial charge in [0, 0.05) is 12.2 Å². The van der Waals surface area contributed by atoms with Crippen molar-refractivity contribution in [2.24, 2.45) is 11.6 Å². The summed E-state index contributed by atoms with van der Waals surface area (Å²) in [5.41, 5.74) is 9.76. The monoisotopic (exact) mass is 196 g/mol. The van der Waals surface area contributed by atoms with Crippen molar-refractivity contribution in [1.29, 1.82) is 0 Å². The number of benzene rings is 1. The quantitative estimate of drug-likeness (QED) is 0.311. The van der Waals surface area contributed by atoms with Crippen LogP contribution in [0.1, 0.15) is 5.56 Å². The molecule has 0 radical (unpaired) electrons. The summed E-state index contributed by atoms with van der Waals surface area (Å²) < 4.78 is 0. The third-order valence-corrected chi connectivity index (χ3v) is 1.80. The first-order chi connectivity index (χ1) is 6.26. The van der Waals surface area contributed by atoms with Gasteiger partial charge in [-0.3, -0.25) is 0 Å². The standard InChI is InChI=1S/C8H12N4S/c9-5-6-1-3-7(4-2-6)11-8(13)12-10/h1-4H,5,9-10H2,(H2,11,12,13). The molecule has 0 bridgehead atoms. The smallest absolute Gasteiger partial charge is 0.185 e. The minimum absolute atomic E-state index is 0.389. The Morgan fingerprint density at radius 1 is 1.31 bits per heavy atom. The molecule has 6 N–H and O–H groups in total. The van der Waals surface area contributed by atoms with Crippen LogP contribution in [0.3, 0.4) is 0 Å². The van der Waals surface area contributed by atoms with Crippen LogP contribution in [0.5, 0.6) is 0 Å². The Balaban J connectivity index is 2.64. The van der Waals surface area contributed by atoms with Gasteiger partial charge in [0.05, 0.1) is 0 Å². The average Bonchev–Trinajstić information content (AvgIpc) is 2.19. The summed E-state index contributed by atoms with van der Waals surface area (Å²) in [6.45, 7) is 0.542. The number of rotatable bonds is 2. The lowest BCUT2D eigenvalue weighted by atomic mass is 10.2. The van der Waals surface area contributed by atoms with Crippen LogP contribution in [0.25, 0.3) is 0 Å². The maximum atomic E-state index is 5.45. The molecule has 0 atom stereocenters. The topological polar surface area (TPSA) is 76.1 Å². The highest BCUT2D eigenvalue weighted by atomic mass is 32.1. The molecule has 0 aromatic heterocycles. The molecule has 1 aromatic rings. The molecule has 0 heterocycles. The Kier molecular flexibility index (Phi) is 3.63. The predicted molar refractivity (Wildman–Crippen MR) is 57.9 cm³/mol. The molecule has 0 unspecified atom stereocenters. The summed E-state index contributed by atoms with van der Waals surface area (Å²) in [6, 6.07) is 7.65. The SMILES string of the molecule is NCc1ccc(NC(=S)NN)cc1. The fourth-order valence-electron chi connectivity index (χ4n) is 0.891. The van der Waals surface area contributed by atoms with E-state index >= 15 is 0 Å². The van der Waals surface area contributed by atoms with Gasteiger partial charge in [-0.1, -0.05) is 12.1 Å². The Hall–Kier alpha value is -1.17. The fourth-order valence-corrected chi connectivity index (χ4v) is 1.01. The van der Waals surface area contributed by atoms with Crippen molar-refractivity contribution >= 4 is 23.0 Å². The van der Waals surface area contributed by atoms with Crippen LogP contribution < -0.4 is 22.3 Å². The lowest BCUT2D eigenvalue weighted by Gasteiger charge is -2.06. The number of nitrogens with two attached hydrogens (primary N) is 2. The molecular weight excluding hydrogens is 184 g/mol. The molecule has 13 heavy (non-hydrogen) atoms. The molecule has 0 saturated heterocycles. The lowest BCUT2D eigenvalue weighted by Crippen LogP contribution is -2.34. The molecular formula is C8H12N4S. The highest BCUT2D eigenvalue weighted by molar-refractivity contribution is 7.80. The molecule has 1 aromatic carbocycles.